The van der Waals surface area contributed by atoms with Crippen molar-refractivity contribution < 1.29 is 0 Å². The van der Waals surface area contributed by atoms with Crippen LogP contribution in [0.3, 0.4) is 0 Å². The van der Waals surface area contributed by atoms with Crippen molar-refractivity contribution in [3.63, 3.8) is 0 Å². The summed E-state index contributed by atoms with van der Waals surface area (Å²) in [5.41, 5.74) is 2.62. The van der Waals surface area contributed by atoms with E-state index in [0.29, 0.717) is 17.9 Å². The van der Waals surface area contributed by atoms with E-state index in [0.717, 1.165) is 0 Å². The summed E-state index contributed by atoms with van der Waals surface area (Å²) in [5, 5.41) is 3.51. The summed E-state index contributed by atoms with van der Waals surface area (Å²) in [7, 11) is 0. The molecule has 1 aromatic rings. The SMILES string of the molecule is CC(C)c1ccc(NC(C)C(C)C)cc1. The fourth-order valence-corrected chi connectivity index (χ4v) is 1.39. The lowest BCUT2D eigenvalue weighted by Crippen LogP contribution is -2.21. The van der Waals surface area contributed by atoms with Crippen LogP contribution in [-0.2, 0) is 0 Å². The van der Waals surface area contributed by atoms with Crippen molar-refractivity contribution >= 4 is 5.69 Å². The molecule has 0 heterocycles. The van der Waals surface area contributed by atoms with Gasteiger partial charge in [-0.05, 0) is 36.5 Å². The molecule has 0 aliphatic heterocycles. The Kier molecular flexibility index (Phi) is 4.19. The molecule has 0 fully saturated rings. The van der Waals surface area contributed by atoms with Gasteiger partial charge in [-0.2, -0.15) is 0 Å². The minimum absolute atomic E-state index is 0.523. The van der Waals surface area contributed by atoms with Crippen molar-refractivity contribution in [3.8, 4) is 0 Å². The molecule has 1 aromatic carbocycles. The molecule has 0 bridgehead atoms. The molecule has 0 saturated carbocycles. The molecule has 1 N–H and O–H groups in total. The van der Waals surface area contributed by atoms with Crippen LogP contribution in [0.5, 0.6) is 0 Å². The maximum atomic E-state index is 3.51. The third kappa shape index (κ3) is 3.58. The molecule has 0 aromatic heterocycles. The van der Waals surface area contributed by atoms with Crippen LogP contribution in [0.2, 0.25) is 0 Å². The second-order valence-corrected chi connectivity index (χ2v) is 4.95. The first-order chi connectivity index (χ1) is 7.00. The van der Waals surface area contributed by atoms with Crippen molar-refractivity contribution in [2.75, 3.05) is 5.32 Å². The van der Waals surface area contributed by atoms with Crippen LogP contribution in [0.25, 0.3) is 0 Å². The Balaban J connectivity index is 2.64. The average molecular weight is 205 g/mol. The largest absolute Gasteiger partial charge is 0.382 e. The van der Waals surface area contributed by atoms with Crippen molar-refractivity contribution in [3.05, 3.63) is 29.8 Å². The number of rotatable bonds is 4. The molecule has 1 rings (SSSR count). The highest BCUT2D eigenvalue weighted by Gasteiger charge is 2.06. The maximum absolute atomic E-state index is 3.51. The van der Waals surface area contributed by atoms with Gasteiger partial charge in [0, 0.05) is 11.7 Å². The molecule has 0 aliphatic rings. The van der Waals surface area contributed by atoms with E-state index in [-0.39, 0.29) is 0 Å². The van der Waals surface area contributed by atoms with Gasteiger partial charge in [0.1, 0.15) is 0 Å². The lowest BCUT2D eigenvalue weighted by atomic mass is 10.0. The second-order valence-electron chi connectivity index (χ2n) is 4.95. The third-order valence-electron chi connectivity index (χ3n) is 2.97. The average Bonchev–Trinajstić information content (AvgIpc) is 2.18. The van der Waals surface area contributed by atoms with Crippen molar-refractivity contribution in [2.24, 2.45) is 5.92 Å². The van der Waals surface area contributed by atoms with E-state index in [1.165, 1.54) is 11.3 Å². The topological polar surface area (TPSA) is 12.0 Å². The molecule has 1 atom stereocenters. The Bertz CT molecular complexity index is 285. The van der Waals surface area contributed by atoms with Crippen molar-refractivity contribution in [1.82, 2.24) is 0 Å². The van der Waals surface area contributed by atoms with E-state index >= 15 is 0 Å². The second kappa shape index (κ2) is 5.20. The van der Waals surface area contributed by atoms with Gasteiger partial charge in [-0.15, -0.1) is 0 Å². The quantitative estimate of drug-likeness (QED) is 0.774. The van der Waals surface area contributed by atoms with Crippen LogP contribution in [-0.4, -0.2) is 6.04 Å². The van der Waals surface area contributed by atoms with Crippen molar-refractivity contribution in [1.29, 1.82) is 0 Å². The van der Waals surface area contributed by atoms with E-state index in [1.807, 2.05) is 0 Å². The first-order valence-electron chi connectivity index (χ1n) is 5.87. The molecule has 0 saturated heterocycles. The number of hydrogen-bond donors (Lipinski definition) is 1. The zero-order valence-electron chi connectivity index (χ0n) is 10.5. The maximum Gasteiger partial charge on any atom is 0.0342 e. The van der Waals surface area contributed by atoms with Gasteiger partial charge in [0.25, 0.3) is 0 Å². The Morgan fingerprint density at radius 3 is 1.80 bits per heavy atom. The van der Waals surface area contributed by atoms with Gasteiger partial charge in [-0.3, -0.25) is 0 Å². The van der Waals surface area contributed by atoms with Gasteiger partial charge >= 0.3 is 0 Å². The monoisotopic (exact) mass is 205 g/mol. The molecule has 84 valence electrons. The predicted octanol–water partition coefficient (Wildman–Crippen LogP) is 4.27. The first-order valence-corrected chi connectivity index (χ1v) is 5.87. The van der Waals surface area contributed by atoms with Gasteiger partial charge < -0.3 is 5.32 Å². The third-order valence-corrected chi connectivity index (χ3v) is 2.97. The predicted molar refractivity (Wildman–Crippen MR) is 68.5 cm³/mol. The van der Waals surface area contributed by atoms with Crippen LogP contribution in [0, 0.1) is 5.92 Å². The molecule has 1 nitrogen and oxygen atoms in total. The van der Waals surface area contributed by atoms with E-state index < -0.39 is 0 Å². The highest BCUT2D eigenvalue weighted by Crippen LogP contribution is 2.18. The molecular formula is C14H23N. The standard InChI is InChI=1S/C14H23N/c1-10(2)12(5)15-14-8-6-13(7-9-14)11(3)4/h6-12,15H,1-5H3. The highest BCUT2D eigenvalue weighted by molar-refractivity contribution is 5.45. The van der Waals surface area contributed by atoms with E-state index in [9.17, 15) is 0 Å². The Morgan fingerprint density at radius 1 is 0.867 bits per heavy atom. The zero-order valence-corrected chi connectivity index (χ0v) is 10.5. The summed E-state index contributed by atoms with van der Waals surface area (Å²) >= 11 is 0. The van der Waals surface area contributed by atoms with Gasteiger partial charge in [-0.25, -0.2) is 0 Å². The summed E-state index contributed by atoms with van der Waals surface area (Å²) in [6.07, 6.45) is 0. The Morgan fingerprint density at radius 2 is 1.40 bits per heavy atom. The van der Waals surface area contributed by atoms with Gasteiger partial charge in [0.2, 0.25) is 0 Å². The van der Waals surface area contributed by atoms with E-state index in [1.54, 1.807) is 0 Å². The van der Waals surface area contributed by atoms with Crippen LogP contribution in [0.4, 0.5) is 5.69 Å². The Hall–Kier alpha value is -0.980. The number of nitrogens with one attached hydrogen (secondary N) is 1. The Labute approximate surface area is 93.9 Å². The van der Waals surface area contributed by atoms with E-state index in [4.69, 9.17) is 0 Å². The molecule has 1 unspecified atom stereocenters. The normalized spacial score (nSPS) is 13.3. The van der Waals surface area contributed by atoms with E-state index in [2.05, 4.69) is 64.2 Å². The van der Waals surface area contributed by atoms with Crippen LogP contribution < -0.4 is 5.32 Å². The lowest BCUT2D eigenvalue weighted by Gasteiger charge is -2.19. The minimum Gasteiger partial charge on any atom is -0.382 e. The minimum atomic E-state index is 0.523. The molecule has 0 amide bonds. The lowest BCUT2D eigenvalue weighted by molar-refractivity contribution is 0.560. The number of benzene rings is 1. The number of hydrogen-bond acceptors (Lipinski definition) is 1. The van der Waals surface area contributed by atoms with Crippen molar-refractivity contribution in [2.45, 2.75) is 46.6 Å². The summed E-state index contributed by atoms with van der Waals surface area (Å²) in [6.45, 7) is 11.1. The van der Waals surface area contributed by atoms with Crippen LogP contribution in [0.15, 0.2) is 24.3 Å². The summed E-state index contributed by atoms with van der Waals surface area (Å²) in [5.74, 6) is 1.27. The zero-order chi connectivity index (χ0) is 11.4. The molecule has 15 heavy (non-hydrogen) atoms. The van der Waals surface area contributed by atoms with Gasteiger partial charge in [0.05, 0.1) is 0 Å². The fourth-order valence-electron chi connectivity index (χ4n) is 1.39. The highest BCUT2D eigenvalue weighted by atomic mass is 14.9. The summed E-state index contributed by atoms with van der Waals surface area (Å²) in [6, 6.07) is 9.29. The first kappa shape index (κ1) is 12.1. The number of anilines is 1. The molecule has 0 radical (unpaired) electrons. The van der Waals surface area contributed by atoms with Crippen LogP contribution >= 0.6 is 0 Å². The van der Waals surface area contributed by atoms with Gasteiger partial charge in [0.15, 0.2) is 0 Å². The summed E-state index contributed by atoms with van der Waals surface area (Å²) in [4.78, 5) is 0. The van der Waals surface area contributed by atoms with Crippen LogP contribution in [0.1, 0.15) is 46.1 Å². The fraction of sp³-hybridized carbons (Fsp3) is 0.571. The molecule has 1 heteroatoms. The smallest absolute Gasteiger partial charge is 0.0342 e. The molecule has 0 aliphatic carbocycles. The molecular weight excluding hydrogens is 182 g/mol. The summed E-state index contributed by atoms with van der Waals surface area (Å²) < 4.78 is 0. The van der Waals surface area contributed by atoms with Gasteiger partial charge in [-0.1, -0.05) is 39.8 Å². The molecule has 0 spiro atoms.